The Kier molecular flexibility index (Phi) is 5.57. The summed E-state index contributed by atoms with van der Waals surface area (Å²) in [6.45, 7) is 5.71. The lowest BCUT2D eigenvalue weighted by Gasteiger charge is -2.23. The van der Waals surface area contributed by atoms with E-state index in [0.29, 0.717) is 16.1 Å². The summed E-state index contributed by atoms with van der Waals surface area (Å²) in [7, 11) is -2.13. The van der Waals surface area contributed by atoms with E-state index in [9.17, 15) is 8.42 Å². The lowest BCUT2D eigenvalue weighted by Crippen LogP contribution is -2.39. The smallest absolute Gasteiger partial charge is 0.240 e. The Hall–Kier alpha value is -0.660. The highest BCUT2D eigenvalue weighted by atomic mass is 35.5. The molecule has 0 aliphatic carbocycles. The first kappa shape index (κ1) is 17.4. The van der Waals surface area contributed by atoms with Gasteiger partial charge in [-0.15, -0.1) is 0 Å². The van der Waals surface area contributed by atoms with Crippen molar-refractivity contribution < 1.29 is 13.2 Å². The molecule has 0 saturated carbocycles. The molecule has 0 unspecified atom stereocenters. The van der Waals surface area contributed by atoms with Gasteiger partial charge in [0.2, 0.25) is 10.0 Å². The van der Waals surface area contributed by atoms with Crippen LogP contribution in [0.4, 0.5) is 0 Å². The van der Waals surface area contributed by atoms with Crippen molar-refractivity contribution in [2.24, 2.45) is 5.73 Å². The minimum atomic E-state index is -3.66. The average molecular weight is 321 g/mol. The first-order valence-electron chi connectivity index (χ1n) is 6.17. The molecule has 0 saturated heterocycles. The molecule has 3 N–H and O–H groups in total. The number of ether oxygens (including phenoxy) is 1. The van der Waals surface area contributed by atoms with E-state index in [0.717, 1.165) is 0 Å². The number of rotatable bonds is 6. The maximum absolute atomic E-state index is 12.4. The highest BCUT2D eigenvalue weighted by molar-refractivity contribution is 7.89. The monoisotopic (exact) mass is 320 g/mol. The molecule has 0 radical (unpaired) electrons. The molecule has 0 spiro atoms. The van der Waals surface area contributed by atoms with Gasteiger partial charge >= 0.3 is 0 Å². The first-order chi connectivity index (χ1) is 9.13. The van der Waals surface area contributed by atoms with E-state index in [1.165, 1.54) is 13.2 Å². The van der Waals surface area contributed by atoms with E-state index < -0.39 is 15.6 Å². The number of hydrogen-bond donors (Lipinski definition) is 2. The minimum absolute atomic E-state index is 0.150. The van der Waals surface area contributed by atoms with Crippen LogP contribution in [-0.4, -0.2) is 27.7 Å². The molecule has 0 amide bonds. The van der Waals surface area contributed by atoms with Crippen LogP contribution in [0.5, 0.6) is 0 Å². The minimum Gasteiger partial charge on any atom is -0.377 e. The molecule has 20 heavy (non-hydrogen) atoms. The zero-order chi connectivity index (χ0) is 15.6. The Bertz CT molecular complexity index is 586. The van der Waals surface area contributed by atoms with Gasteiger partial charge in [-0.1, -0.05) is 11.6 Å². The molecule has 0 heterocycles. The number of halogens is 1. The van der Waals surface area contributed by atoms with Crippen LogP contribution >= 0.6 is 11.6 Å². The Morgan fingerprint density at radius 2 is 2.00 bits per heavy atom. The van der Waals surface area contributed by atoms with Crippen LogP contribution in [0.2, 0.25) is 5.02 Å². The van der Waals surface area contributed by atoms with Gasteiger partial charge in [-0.05, 0) is 44.0 Å². The number of hydrogen-bond acceptors (Lipinski definition) is 4. The van der Waals surface area contributed by atoms with Gasteiger partial charge < -0.3 is 10.5 Å². The Balaban J connectivity index is 3.13. The van der Waals surface area contributed by atoms with E-state index in [2.05, 4.69) is 4.72 Å². The lowest BCUT2D eigenvalue weighted by molar-refractivity contribution is 0.0276. The standard InChI is InChI=1S/C13H21ClN2O3S/c1-9-10(7-15)5-11(14)6-12(9)20(17,18)16-8-13(2,3)19-4/h5-6,16H,7-8,15H2,1-4H3. The third-order valence-electron chi connectivity index (χ3n) is 3.18. The highest BCUT2D eigenvalue weighted by Crippen LogP contribution is 2.24. The third kappa shape index (κ3) is 4.17. The molecule has 114 valence electrons. The fourth-order valence-electron chi connectivity index (χ4n) is 1.62. The summed E-state index contributed by atoms with van der Waals surface area (Å²) in [5.74, 6) is 0. The second-order valence-corrected chi connectivity index (χ2v) is 7.35. The van der Waals surface area contributed by atoms with Crippen molar-refractivity contribution >= 4 is 21.6 Å². The molecule has 0 bridgehead atoms. The van der Waals surface area contributed by atoms with Crippen molar-refractivity contribution in [2.75, 3.05) is 13.7 Å². The maximum Gasteiger partial charge on any atom is 0.240 e. The van der Waals surface area contributed by atoms with Gasteiger partial charge in [0.05, 0.1) is 10.5 Å². The topological polar surface area (TPSA) is 81.4 Å². The van der Waals surface area contributed by atoms with Crippen molar-refractivity contribution in [1.29, 1.82) is 0 Å². The summed E-state index contributed by atoms with van der Waals surface area (Å²) in [6, 6.07) is 3.10. The Morgan fingerprint density at radius 1 is 1.40 bits per heavy atom. The molecule has 1 rings (SSSR count). The van der Waals surface area contributed by atoms with Crippen LogP contribution in [0, 0.1) is 6.92 Å². The van der Waals surface area contributed by atoms with Crippen LogP contribution < -0.4 is 10.5 Å². The SMILES string of the molecule is COC(C)(C)CNS(=O)(=O)c1cc(Cl)cc(CN)c1C. The van der Waals surface area contributed by atoms with E-state index in [4.69, 9.17) is 22.1 Å². The quantitative estimate of drug-likeness (QED) is 0.837. The van der Waals surface area contributed by atoms with E-state index in [1.54, 1.807) is 26.8 Å². The molecule has 1 aromatic rings. The van der Waals surface area contributed by atoms with Gasteiger partial charge in [0, 0.05) is 25.2 Å². The van der Waals surface area contributed by atoms with Crippen LogP contribution in [0.15, 0.2) is 17.0 Å². The summed E-state index contributed by atoms with van der Waals surface area (Å²) in [5, 5.41) is 0.349. The molecule has 0 fully saturated rings. The fourth-order valence-corrected chi connectivity index (χ4v) is 3.43. The van der Waals surface area contributed by atoms with Gasteiger partial charge in [-0.2, -0.15) is 0 Å². The normalized spacial score (nSPS) is 12.7. The third-order valence-corrected chi connectivity index (χ3v) is 4.93. The van der Waals surface area contributed by atoms with Crippen molar-refractivity contribution in [3.8, 4) is 0 Å². The van der Waals surface area contributed by atoms with Crippen LogP contribution in [-0.2, 0) is 21.3 Å². The van der Waals surface area contributed by atoms with Gasteiger partial charge in [0.15, 0.2) is 0 Å². The predicted octanol–water partition coefficient (Wildman–Crippen LogP) is 1.81. The fraction of sp³-hybridized carbons (Fsp3) is 0.538. The average Bonchev–Trinajstić information content (AvgIpc) is 2.39. The van der Waals surface area contributed by atoms with E-state index in [1.807, 2.05) is 0 Å². The van der Waals surface area contributed by atoms with Crippen molar-refractivity contribution in [1.82, 2.24) is 4.72 Å². The molecular formula is C13H21ClN2O3S. The molecule has 7 heteroatoms. The Morgan fingerprint density at radius 3 is 2.50 bits per heavy atom. The van der Waals surface area contributed by atoms with Crippen LogP contribution in [0.3, 0.4) is 0 Å². The summed E-state index contributed by atoms with van der Waals surface area (Å²) < 4.78 is 32.5. The molecule has 0 aliphatic heterocycles. The molecule has 0 aromatic heterocycles. The lowest BCUT2D eigenvalue weighted by atomic mass is 10.1. The molecule has 5 nitrogen and oxygen atoms in total. The maximum atomic E-state index is 12.4. The zero-order valence-corrected chi connectivity index (χ0v) is 13.7. The number of sulfonamides is 1. The Labute approximate surface area is 125 Å². The van der Waals surface area contributed by atoms with Crippen LogP contribution in [0.1, 0.15) is 25.0 Å². The number of methoxy groups -OCH3 is 1. The second-order valence-electron chi connectivity index (χ2n) is 5.18. The van der Waals surface area contributed by atoms with Crippen molar-refractivity contribution in [3.05, 3.63) is 28.3 Å². The number of nitrogens with two attached hydrogens (primary N) is 1. The molecule has 0 aliphatic rings. The molecular weight excluding hydrogens is 300 g/mol. The predicted molar refractivity (Wildman–Crippen MR) is 80.4 cm³/mol. The summed E-state index contributed by atoms with van der Waals surface area (Å²) in [5.41, 5.74) is 6.34. The van der Waals surface area contributed by atoms with Gasteiger partial charge in [0.25, 0.3) is 0 Å². The van der Waals surface area contributed by atoms with Crippen LogP contribution in [0.25, 0.3) is 0 Å². The van der Waals surface area contributed by atoms with Crippen molar-refractivity contribution in [2.45, 2.75) is 37.8 Å². The van der Waals surface area contributed by atoms with E-state index >= 15 is 0 Å². The van der Waals surface area contributed by atoms with Gasteiger partial charge in [-0.25, -0.2) is 13.1 Å². The zero-order valence-electron chi connectivity index (χ0n) is 12.2. The molecule has 0 atom stereocenters. The summed E-state index contributed by atoms with van der Waals surface area (Å²) in [4.78, 5) is 0.150. The van der Waals surface area contributed by atoms with E-state index in [-0.39, 0.29) is 18.0 Å². The summed E-state index contributed by atoms with van der Waals surface area (Å²) in [6.07, 6.45) is 0. The largest absolute Gasteiger partial charge is 0.377 e. The van der Waals surface area contributed by atoms with Gasteiger partial charge in [-0.3, -0.25) is 0 Å². The number of benzene rings is 1. The summed E-state index contributed by atoms with van der Waals surface area (Å²) >= 11 is 5.95. The molecule has 1 aromatic carbocycles. The highest BCUT2D eigenvalue weighted by Gasteiger charge is 2.24. The first-order valence-corrected chi connectivity index (χ1v) is 8.03. The van der Waals surface area contributed by atoms with Gasteiger partial charge in [0.1, 0.15) is 0 Å². The second kappa shape index (κ2) is 6.41. The van der Waals surface area contributed by atoms with Crippen molar-refractivity contribution in [3.63, 3.8) is 0 Å². The number of nitrogens with one attached hydrogen (secondary N) is 1.